The molecule has 1 aliphatic heterocycles. The number of thioether (sulfide) groups is 1. The monoisotopic (exact) mass is 357 g/mol. The van der Waals surface area contributed by atoms with Crippen LogP contribution in [0.1, 0.15) is 20.3 Å². The van der Waals surface area contributed by atoms with Gasteiger partial charge in [-0.2, -0.15) is 11.8 Å². The lowest BCUT2D eigenvalue weighted by Crippen LogP contribution is -2.39. The Morgan fingerprint density at radius 3 is 2.61 bits per heavy atom. The Balaban J connectivity index is 0.00000264. The van der Waals surface area contributed by atoms with Crippen LogP contribution in [0.25, 0.3) is 0 Å². The van der Waals surface area contributed by atoms with Gasteiger partial charge in [-0.3, -0.25) is 9.59 Å². The first-order chi connectivity index (χ1) is 10.5. The average Bonchev–Trinajstić information content (AvgIpc) is 2.48. The molecule has 0 radical (unpaired) electrons. The molecule has 1 aromatic carbocycles. The van der Waals surface area contributed by atoms with Crippen LogP contribution in [-0.2, 0) is 9.59 Å². The highest BCUT2D eigenvalue weighted by atomic mass is 35.5. The molecule has 2 amide bonds. The zero-order valence-corrected chi connectivity index (χ0v) is 15.1. The lowest BCUT2D eigenvalue weighted by atomic mass is 10.2. The van der Waals surface area contributed by atoms with Crippen molar-refractivity contribution >= 4 is 47.4 Å². The van der Waals surface area contributed by atoms with E-state index in [1.807, 2.05) is 43.8 Å². The number of hydrogen-bond acceptors (Lipinski definition) is 4. The van der Waals surface area contributed by atoms with Gasteiger partial charge in [0, 0.05) is 47.8 Å². The van der Waals surface area contributed by atoms with Crippen molar-refractivity contribution in [3.63, 3.8) is 0 Å². The molecule has 1 aromatic rings. The number of carbonyl (C=O) groups excluding carboxylic acids is 2. The largest absolute Gasteiger partial charge is 0.326 e. The maximum atomic E-state index is 12.1. The Bertz CT molecular complexity index is 534. The molecular weight excluding hydrogens is 334 g/mol. The lowest BCUT2D eigenvalue weighted by Gasteiger charge is -2.22. The van der Waals surface area contributed by atoms with Crippen LogP contribution in [-0.4, -0.2) is 35.9 Å². The molecule has 23 heavy (non-hydrogen) atoms. The summed E-state index contributed by atoms with van der Waals surface area (Å²) < 4.78 is 0. The highest BCUT2D eigenvalue weighted by molar-refractivity contribution is 7.99. The van der Waals surface area contributed by atoms with Crippen LogP contribution in [0.3, 0.4) is 0 Å². The molecule has 1 fully saturated rings. The van der Waals surface area contributed by atoms with E-state index in [1.165, 1.54) is 0 Å². The van der Waals surface area contributed by atoms with E-state index in [0.717, 1.165) is 18.1 Å². The van der Waals surface area contributed by atoms with Crippen LogP contribution in [0.2, 0.25) is 0 Å². The fraction of sp³-hybridized carbons (Fsp3) is 0.500. The molecule has 1 heterocycles. The van der Waals surface area contributed by atoms with Crippen LogP contribution < -0.4 is 16.0 Å². The maximum absolute atomic E-state index is 12.1. The Kier molecular flexibility index (Phi) is 8.44. The van der Waals surface area contributed by atoms with Gasteiger partial charge in [0.05, 0.1) is 0 Å². The summed E-state index contributed by atoms with van der Waals surface area (Å²) in [5.41, 5.74) is 1.40. The van der Waals surface area contributed by atoms with Crippen LogP contribution in [0.5, 0.6) is 0 Å². The third kappa shape index (κ3) is 6.81. The summed E-state index contributed by atoms with van der Waals surface area (Å²) in [5.74, 6) is 1.96. The molecule has 0 bridgehead atoms. The number of carbonyl (C=O) groups is 2. The molecule has 1 aliphatic rings. The molecule has 1 unspecified atom stereocenters. The number of nitrogens with one attached hydrogen (secondary N) is 3. The minimum absolute atomic E-state index is 0. The van der Waals surface area contributed by atoms with Crippen LogP contribution in [0, 0.1) is 5.92 Å². The Morgan fingerprint density at radius 1 is 1.30 bits per heavy atom. The molecule has 5 nitrogen and oxygen atoms in total. The third-order valence-electron chi connectivity index (χ3n) is 3.37. The fourth-order valence-corrected chi connectivity index (χ4v) is 3.10. The van der Waals surface area contributed by atoms with E-state index in [1.54, 1.807) is 6.07 Å². The smallest absolute Gasteiger partial charge is 0.226 e. The van der Waals surface area contributed by atoms with Gasteiger partial charge >= 0.3 is 0 Å². The van der Waals surface area contributed by atoms with Crippen molar-refractivity contribution in [1.29, 1.82) is 0 Å². The van der Waals surface area contributed by atoms with Crippen molar-refractivity contribution in [2.75, 3.05) is 28.7 Å². The number of amides is 2. The Hall–Kier alpha value is -1.24. The SMILES string of the molecule is CC(C)C(=O)Nc1cccc(NC(=O)CC2CSCCN2)c1.Cl. The molecule has 0 saturated carbocycles. The number of hydrogen-bond donors (Lipinski definition) is 3. The molecule has 2 rings (SSSR count). The zero-order chi connectivity index (χ0) is 15.9. The second-order valence-electron chi connectivity index (χ2n) is 5.70. The van der Waals surface area contributed by atoms with E-state index >= 15 is 0 Å². The standard InChI is InChI=1S/C16H23N3O2S.ClH/c1-11(2)16(21)19-13-5-3-4-12(8-13)18-15(20)9-14-10-22-7-6-17-14;/h3-5,8,11,14,17H,6-7,9-10H2,1-2H3,(H,18,20)(H,19,21);1H. The van der Waals surface area contributed by atoms with E-state index in [4.69, 9.17) is 0 Å². The van der Waals surface area contributed by atoms with Crippen molar-refractivity contribution in [2.24, 2.45) is 5.92 Å². The summed E-state index contributed by atoms with van der Waals surface area (Å²) in [7, 11) is 0. The molecule has 7 heteroatoms. The van der Waals surface area contributed by atoms with Gasteiger partial charge in [0.1, 0.15) is 0 Å². The fourth-order valence-electron chi connectivity index (χ4n) is 2.15. The minimum atomic E-state index is -0.0758. The van der Waals surface area contributed by atoms with E-state index in [2.05, 4.69) is 16.0 Å². The van der Waals surface area contributed by atoms with Gasteiger partial charge in [-0.1, -0.05) is 19.9 Å². The van der Waals surface area contributed by atoms with Gasteiger partial charge in [-0.15, -0.1) is 12.4 Å². The van der Waals surface area contributed by atoms with Crippen molar-refractivity contribution < 1.29 is 9.59 Å². The summed E-state index contributed by atoms with van der Waals surface area (Å²) in [6.07, 6.45) is 0.468. The van der Waals surface area contributed by atoms with Gasteiger partial charge in [0.15, 0.2) is 0 Å². The first-order valence-electron chi connectivity index (χ1n) is 7.56. The van der Waals surface area contributed by atoms with E-state index in [9.17, 15) is 9.59 Å². The van der Waals surface area contributed by atoms with E-state index in [-0.39, 0.29) is 36.2 Å². The molecule has 0 spiro atoms. The van der Waals surface area contributed by atoms with Gasteiger partial charge in [0.2, 0.25) is 11.8 Å². The molecule has 0 aromatic heterocycles. The molecule has 128 valence electrons. The normalized spacial score (nSPS) is 17.3. The highest BCUT2D eigenvalue weighted by Gasteiger charge is 2.16. The van der Waals surface area contributed by atoms with Crippen molar-refractivity contribution in [1.82, 2.24) is 5.32 Å². The van der Waals surface area contributed by atoms with Crippen LogP contribution in [0.4, 0.5) is 11.4 Å². The second kappa shape index (κ2) is 9.80. The molecule has 0 aliphatic carbocycles. The number of benzene rings is 1. The van der Waals surface area contributed by atoms with Crippen LogP contribution in [0.15, 0.2) is 24.3 Å². The summed E-state index contributed by atoms with van der Waals surface area (Å²) in [6, 6.07) is 7.48. The summed E-state index contributed by atoms with van der Waals surface area (Å²) in [6.45, 7) is 4.64. The van der Waals surface area contributed by atoms with Crippen LogP contribution >= 0.6 is 24.2 Å². The quantitative estimate of drug-likeness (QED) is 0.757. The Labute approximate surface area is 147 Å². The number of halogens is 1. The highest BCUT2D eigenvalue weighted by Crippen LogP contribution is 2.17. The third-order valence-corrected chi connectivity index (χ3v) is 4.50. The Morgan fingerprint density at radius 2 is 2.00 bits per heavy atom. The second-order valence-corrected chi connectivity index (χ2v) is 6.85. The molecule has 1 saturated heterocycles. The number of rotatable bonds is 5. The predicted molar refractivity (Wildman–Crippen MR) is 99.5 cm³/mol. The zero-order valence-electron chi connectivity index (χ0n) is 13.4. The minimum Gasteiger partial charge on any atom is -0.326 e. The van der Waals surface area contributed by atoms with E-state index in [0.29, 0.717) is 17.8 Å². The number of anilines is 2. The van der Waals surface area contributed by atoms with E-state index < -0.39 is 0 Å². The first-order valence-corrected chi connectivity index (χ1v) is 8.72. The van der Waals surface area contributed by atoms with Gasteiger partial charge in [-0.05, 0) is 18.2 Å². The molecule has 1 atom stereocenters. The van der Waals surface area contributed by atoms with Crippen molar-refractivity contribution in [3.05, 3.63) is 24.3 Å². The predicted octanol–water partition coefficient (Wildman–Crippen LogP) is 2.74. The summed E-state index contributed by atoms with van der Waals surface area (Å²) in [4.78, 5) is 23.8. The van der Waals surface area contributed by atoms with Gasteiger partial charge in [-0.25, -0.2) is 0 Å². The summed E-state index contributed by atoms with van der Waals surface area (Å²) >= 11 is 1.87. The molecule has 3 N–H and O–H groups in total. The topological polar surface area (TPSA) is 70.2 Å². The van der Waals surface area contributed by atoms with Crippen molar-refractivity contribution in [2.45, 2.75) is 26.3 Å². The molecular formula is C16H24ClN3O2S. The average molecular weight is 358 g/mol. The first kappa shape index (κ1) is 19.8. The van der Waals surface area contributed by atoms with Gasteiger partial charge in [0.25, 0.3) is 0 Å². The maximum Gasteiger partial charge on any atom is 0.226 e. The van der Waals surface area contributed by atoms with Crippen molar-refractivity contribution in [3.8, 4) is 0 Å². The lowest BCUT2D eigenvalue weighted by molar-refractivity contribution is -0.119. The van der Waals surface area contributed by atoms with Gasteiger partial charge < -0.3 is 16.0 Å². The summed E-state index contributed by atoms with van der Waals surface area (Å²) in [5, 5.41) is 9.07.